The maximum atomic E-state index is 12.5. The van der Waals surface area contributed by atoms with Crippen LogP contribution in [-0.2, 0) is 11.2 Å². The fraction of sp³-hybridized carbons (Fsp3) is 0.235. The maximum absolute atomic E-state index is 12.5. The zero-order chi connectivity index (χ0) is 15.0. The fourth-order valence-corrected chi connectivity index (χ4v) is 3.17. The van der Waals surface area contributed by atoms with E-state index >= 15 is 0 Å². The van der Waals surface area contributed by atoms with Crippen molar-refractivity contribution in [3.05, 3.63) is 58.1 Å². The van der Waals surface area contributed by atoms with Crippen molar-refractivity contribution in [2.24, 2.45) is 0 Å². The van der Waals surface area contributed by atoms with Gasteiger partial charge in [0.05, 0.1) is 13.0 Å². The molecule has 0 N–H and O–H groups in total. The summed E-state index contributed by atoms with van der Waals surface area (Å²) in [6, 6.07) is 13.9. The number of nitrogens with zero attached hydrogens (tertiary/aromatic N) is 1. The molecule has 0 aliphatic carbocycles. The van der Waals surface area contributed by atoms with Crippen molar-refractivity contribution in [2.75, 3.05) is 19.1 Å². The Hall–Kier alpha value is -1.81. The van der Waals surface area contributed by atoms with Crippen molar-refractivity contribution < 1.29 is 9.53 Å². The Morgan fingerprint density at radius 1 is 1.19 bits per heavy atom. The van der Waals surface area contributed by atoms with Gasteiger partial charge >= 0.3 is 0 Å². The van der Waals surface area contributed by atoms with Crippen molar-refractivity contribution >= 4 is 27.5 Å². The second kappa shape index (κ2) is 5.53. The smallest absolute Gasteiger partial charge is 0.234 e. The number of hydrogen-bond acceptors (Lipinski definition) is 2. The van der Waals surface area contributed by atoms with Gasteiger partial charge < -0.3 is 9.64 Å². The van der Waals surface area contributed by atoms with Gasteiger partial charge in [-0.15, -0.1) is 0 Å². The molecule has 0 spiro atoms. The lowest BCUT2D eigenvalue weighted by molar-refractivity contribution is -0.119. The van der Waals surface area contributed by atoms with Crippen LogP contribution in [0, 0.1) is 0 Å². The Morgan fingerprint density at radius 2 is 1.90 bits per heavy atom. The normalized spacial score (nSPS) is 17.0. The number of hydrogen-bond donors (Lipinski definition) is 0. The summed E-state index contributed by atoms with van der Waals surface area (Å²) in [5.41, 5.74) is 3.23. The lowest BCUT2D eigenvalue weighted by atomic mass is 9.93. The van der Waals surface area contributed by atoms with Crippen LogP contribution in [0.15, 0.2) is 46.9 Å². The minimum Gasteiger partial charge on any atom is -0.497 e. The number of methoxy groups -OCH3 is 1. The van der Waals surface area contributed by atoms with Crippen molar-refractivity contribution in [2.45, 2.75) is 12.3 Å². The molecule has 1 atom stereocenters. The van der Waals surface area contributed by atoms with Gasteiger partial charge in [-0.3, -0.25) is 4.79 Å². The summed E-state index contributed by atoms with van der Waals surface area (Å²) in [5, 5.41) is 0. The molecule has 2 aromatic carbocycles. The number of halogens is 1. The molecule has 2 aromatic rings. The topological polar surface area (TPSA) is 29.5 Å². The first kappa shape index (κ1) is 14.1. The average Bonchev–Trinajstić information content (AvgIpc) is 2.73. The third-order valence-corrected chi connectivity index (χ3v) is 4.45. The predicted molar refractivity (Wildman–Crippen MR) is 87.0 cm³/mol. The Labute approximate surface area is 132 Å². The van der Waals surface area contributed by atoms with E-state index in [-0.39, 0.29) is 11.8 Å². The molecular formula is C17H16BrNO2. The molecule has 0 aromatic heterocycles. The summed E-state index contributed by atoms with van der Waals surface area (Å²) in [6.45, 7) is 0. The van der Waals surface area contributed by atoms with Crippen LogP contribution in [0.2, 0.25) is 0 Å². The first-order valence-corrected chi connectivity index (χ1v) is 7.59. The summed E-state index contributed by atoms with van der Waals surface area (Å²) in [6.07, 6.45) is 0.705. The highest BCUT2D eigenvalue weighted by atomic mass is 79.9. The Morgan fingerprint density at radius 3 is 2.57 bits per heavy atom. The van der Waals surface area contributed by atoms with E-state index < -0.39 is 0 Å². The predicted octanol–water partition coefficient (Wildman–Crippen LogP) is 3.76. The molecule has 3 rings (SSSR count). The minimum atomic E-state index is -0.115. The second-order valence-corrected chi connectivity index (χ2v) is 6.12. The van der Waals surface area contributed by atoms with Crippen molar-refractivity contribution in [1.82, 2.24) is 0 Å². The molecular weight excluding hydrogens is 330 g/mol. The van der Waals surface area contributed by atoms with Crippen molar-refractivity contribution in [3.63, 3.8) is 0 Å². The van der Waals surface area contributed by atoms with E-state index in [0.29, 0.717) is 6.42 Å². The lowest BCUT2D eigenvalue weighted by Gasteiger charge is -2.11. The van der Waals surface area contributed by atoms with Crippen LogP contribution in [0.1, 0.15) is 17.0 Å². The molecule has 1 aliphatic heterocycles. The fourth-order valence-electron chi connectivity index (χ4n) is 2.79. The molecule has 0 radical (unpaired) electrons. The van der Waals surface area contributed by atoms with E-state index in [1.54, 1.807) is 12.0 Å². The Balaban J connectivity index is 1.91. The first-order valence-electron chi connectivity index (χ1n) is 6.80. The molecule has 0 fully saturated rings. The van der Waals surface area contributed by atoms with Crippen LogP contribution in [0.5, 0.6) is 5.75 Å². The minimum absolute atomic E-state index is 0.115. The van der Waals surface area contributed by atoms with E-state index in [4.69, 9.17) is 4.74 Å². The lowest BCUT2D eigenvalue weighted by Crippen LogP contribution is -2.24. The highest BCUT2D eigenvalue weighted by Gasteiger charge is 2.35. The summed E-state index contributed by atoms with van der Waals surface area (Å²) < 4.78 is 6.17. The SMILES string of the molecule is COc1ccc(C[C@@H]2C(=O)N(C)c3ccc(Br)cc32)cc1. The van der Waals surface area contributed by atoms with Crippen LogP contribution < -0.4 is 9.64 Å². The number of ether oxygens (including phenoxy) is 1. The second-order valence-electron chi connectivity index (χ2n) is 5.21. The van der Waals surface area contributed by atoms with E-state index in [2.05, 4.69) is 15.9 Å². The van der Waals surface area contributed by atoms with Gasteiger partial charge in [-0.2, -0.15) is 0 Å². The molecule has 21 heavy (non-hydrogen) atoms. The number of rotatable bonds is 3. The molecule has 108 valence electrons. The highest BCUT2D eigenvalue weighted by molar-refractivity contribution is 9.10. The number of amides is 1. The van der Waals surface area contributed by atoms with Crippen LogP contribution in [0.3, 0.4) is 0 Å². The average molecular weight is 346 g/mol. The molecule has 3 nitrogen and oxygen atoms in total. The van der Waals surface area contributed by atoms with Crippen LogP contribution >= 0.6 is 15.9 Å². The number of anilines is 1. The third-order valence-electron chi connectivity index (χ3n) is 3.95. The molecule has 0 saturated carbocycles. The summed E-state index contributed by atoms with van der Waals surface area (Å²) in [5.74, 6) is 0.867. The third kappa shape index (κ3) is 2.56. The summed E-state index contributed by atoms with van der Waals surface area (Å²) in [4.78, 5) is 14.2. The van der Waals surface area contributed by atoms with Crippen molar-refractivity contribution in [3.8, 4) is 5.75 Å². The van der Waals surface area contributed by atoms with E-state index in [1.807, 2.05) is 49.5 Å². The number of likely N-dealkylation sites (N-methyl/N-ethyl adjacent to an activating group) is 1. The van der Waals surface area contributed by atoms with Gasteiger partial charge in [0.1, 0.15) is 5.75 Å². The Kier molecular flexibility index (Phi) is 3.72. The molecule has 4 heteroatoms. The monoisotopic (exact) mass is 345 g/mol. The van der Waals surface area contributed by atoms with E-state index in [0.717, 1.165) is 27.0 Å². The summed E-state index contributed by atoms with van der Waals surface area (Å²) >= 11 is 3.49. The van der Waals surface area contributed by atoms with Crippen LogP contribution in [-0.4, -0.2) is 20.1 Å². The van der Waals surface area contributed by atoms with Gasteiger partial charge in [-0.05, 0) is 47.9 Å². The summed E-state index contributed by atoms with van der Waals surface area (Å²) in [7, 11) is 3.49. The van der Waals surface area contributed by atoms with Crippen LogP contribution in [0.4, 0.5) is 5.69 Å². The molecule has 0 bridgehead atoms. The highest BCUT2D eigenvalue weighted by Crippen LogP contribution is 2.39. The molecule has 0 saturated heterocycles. The van der Waals surface area contributed by atoms with Crippen LogP contribution in [0.25, 0.3) is 0 Å². The molecule has 1 aliphatic rings. The maximum Gasteiger partial charge on any atom is 0.234 e. The number of benzene rings is 2. The van der Waals surface area contributed by atoms with E-state index in [9.17, 15) is 4.79 Å². The van der Waals surface area contributed by atoms with Gasteiger partial charge in [0, 0.05) is 17.2 Å². The van der Waals surface area contributed by atoms with Gasteiger partial charge in [0.25, 0.3) is 0 Å². The number of carbonyl (C=O) groups is 1. The standard InChI is InChI=1S/C17H16BrNO2/c1-19-16-8-5-12(18)10-14(16)15(17(19)20)9-11-3-6-13(21-2)7-4-11/h3-8,10,15H,9H2,1-2H3/t15-/m0/s1. The molecule has 1 heterocycles. The quantitative estimate of drug-likeness (QED) is 0.847. The van der Waals surface area contributed by atoms with Gasteiger partial charge in [0.15, 0.2) is 0 Å². The zero-order valence-corrected chi connectivity index (χ0v) is 13.6. The zero-order valence-electron chi connectivity index (χ0n) is 12.0. The van der Waals surface area contributed by atoms with Gasteiger partial charge in [-0.25, -0.2) is 0 Å². The number of fused-ring (bicyclic) bond motifs is 1. The molecule has 1 amide bonds. The van der Waals surface area contributed by atoms with Crippen molar-refractivity contribution in [1.29, 1.82) is 0 Å². The van der Waals surface area contributed by atoms with Gasteiger partial charge in [-0.1, -0.05) is 28.1 Å². The van der Waals surface area contributed by atoms with E-state index in [1.165, 1.54) is 0 Å². The largest absolute Gasteiger partial charge is 0.497 e. The van der Waals surface area contributed by atoms with Gasteiger partial charge in [0.2, 0.25) is 5.91 Å². The molecule has 0 unspecified atom stereocenters. The number of carbonyl (C=O) groups excluding carboxylic acids is 1. The first-order chi connectivity index (χ1) is 10.1. The Bertz CT molecular complexity index is 682.